The third kappa shape index (κ3) is 3.28. The SMILES string of the molecule is CS(=O)(=O)c1ccc(C2=C(c3ccc(Br)cn3)C(=O)CC2)cc1. The Kier molecular flexibility index (Phi) is 4.21. The van der Waals surface area contributed by atoms with Crippen molar-refractivity contribution in [2.24, 2.45) is 0 Å². The Labute approximate surface area is 143 Å². The number of benzene rings is 1. The zero-order chi connectivity index (χ0) is 16.6. The maximum Gasteiger partial charge on any atom is 0.175 e. The molecule has 0 N–H and O–H groups in total. The van der Waals surface area contributed by atoms with Gasteiger partial charge in [0.2, 0.25) is 0 Å². The molecule has 1 aliphatic carbocycles. The van der Waals surface area contributed by atoms with Gasteiger partial charge in [-0.25, -0.2) is 8.42 Å². The van der Waals surface area contributed by atoms with Crippen LogP contribution < -0.4 is 0 Å². The van der Waals surface area contributed by atoms with E-state index in [0.29, 0.717) is 24.1 Å². The van der Waals surface area contributed by atoms with Crippen LogP contribution >= 0.6 is 15.9 Å². The number of aromatic nitrogens is 1. The molecule has 1 aromatic heterocycles. The van der Waals surface area contributed by atoms with Crippen LogP contribution in [0, 0.1) is 0 Å². The second-order valence-corrected chi connectivity index (χ2v) is 8.37. The van der Waals surface area contributed by atoms with Crippen LogP contribution in [-0.4, -0.2) is 25.4 Å². The molecule has 0 atom stereocenters. The molecule has 1 aromatic carbocycles. The van der Waals surface area contributed by atoms with Gasteiger partial charge in [-0.1, -0.05) is 12.1 Å². The van der Waals surface area contributed by atoms with E-state index in [1.165, 1.54) is 6.26 Å². The fraction of sp³-hybridized carbons (Fsp3) is 0.176. The first-order valence-corrected chi connectivity index (χ1v) is 9.73. The van der Waals surface area contributed by atoms with Crippen molar-refractivity contribution in [3.05, 3.63) is 58.3 Å². The summed E-state index contributed by atoms with van der Waals surface area (Å²) in [6.07, 6.45) is 3.94. The van der Waals surface area contributed by atoms with Crippen LogP contribution in [0.25, 0.3) is 11.1 Å². The Bertz CT molecular complexity index is 898. The van der Waals surface area contributed by atoms with E-state index in [0.717, 1.165) is 15.6 Å². The second kappa shape index (κ2) is 6.02. The molecule has 118 valence electrons. The first-order chi connectivity index (χ1) is 10.9. The lowest BCUT2D eigenvalue weighted by Crippen LogP contribution is -1.99. The summed E-state index contributed by atoms with van der Waals surface area (Å²) in [4.78, 5) is 16.9. The molecule has 0 bridgehead atoms. The van der Waals surface area contributed by atoms with Gasteiger partial charge in [0.05, 0.1) is 10.6 Å². The van der Waals surface area contributed by atoms with Gasteiger partial charge in [-0.3, -0.25) is 9.78 Å². The van der Waals surface area contributed by atoms with Gasteiger partial charge in [0.25, 0.3) is 0 Å². The van der Waals surface area contributed by atoms with Gasteiger partial charge in [-0.05, 0) is 57.8 Å². The zero-order valence-corrected chi connectivity index (χ0v) is 14.8. The number of carbonyl (C=O) groups excluding carboxylic acids is 1. The average molecular weight is 392 g/mol. The highest BCUT2D eigenvalue weighted by Gasteiger charge is 2.26. The monoisotopic (exact) mass is 391 g/mol. The lowest BCUT2D eigenvalue weighted by molar-refractivity contribution is -0.113. The third-order valence-corrected chi connectivity index (χ3v) is 5.39. The molecule has 0 amide bonds. The van der Waals surface area contributed by atoms with Crippen molar-refractivity contribution in [2.45, 2.75) is 17.7 Å². The molecule has 23 heavy (non-hydrogen) atoms. The van der Waals surface area contributed by atoms with E-state index in [2.05, 4.69) is 20.9 Å². The van der Waals surface area contributed by atoms with Gasteiger partial charge in [0.15, 0.2) is 15.6 Å². The van der Waals surface area contributed by atoms with Crippen molar-refractivity contribution in [2.75, 3.05) is 6.26 Å². The highest BCUT2D eigenvalue weighted by Crippen LogP contribution is 2.37. The van der Waals surface area contributed by atoms with Crippen molar-refractivity contribution >= 4 is 42.7 Å². The number of ketones is 1. The number of Topliss-reactive ketones (excluding diaryl/α,β-unsaturated/α-hetero) is 1. The van der Waals surface area contributed by atoms with Crippen molar-refractivity contribution in [3.8, 4) is 0 Å². The summed E-state index contributed by atoms with van der Waals surface area (Å²) in [6, 6.07) is 10.3. The van der Waals surface area contributed by atoms with E-state index in [1.54, 1.807) is 30.5 Å². The molecule has 0 saturated carbocycles. The predicted molar refractivity (Wildman–Crippen MR) is 92.5 cm³/mol. The van der Waals surface area contributed by atoms with E-state index in [4.69, 9.17) is 0 Å². The second-order valence-electron chi connectivity index (χ2n) is 5.43. The van der Waals surface area contributed by atoms with Crippen molar-refractivity contribution < 1.29 is 13.2 Å². The quantitative estimate of drug-likeness (QED) is 0.802. The zero-order valence-electron chi connectivity index (χ0n) is 12.4. The number of halogens is 1. The Morgan fingerprint density at radius 3 is 2.30 bits per heavy atom. The van der Waals surface area contributed by atoms with Gasteiger partial charge in [0, 0.05) is 28.9 Å². The molecule has 0 spiro atoms. The third-order valence-electron chi connectivity index (χ3n) is 3.80. The maximum atomic E-state index is 12.3. The molecule has 4 nitrogen and oxygen atoms in total. The number of pyridine rings is 1. The largest absolute Gasteiger partial charge is 0.294 e. The maximum absolute atomic E-state index is 12.3. The normalized spacial score (nSPS) is 15.3. The van der Waals surface area contributed by atoms with Crippen molar-refractivity contribution in [1.82, 2.24) is 4.98 Å². The fourth-order valence-corrected chi connectivity index (χ4v) is 3.53. The predicted octanol–water partition coefficient (Wildman–Crippen LogP) is 3.52. The van der Waals surface area contributed by atoms with Crippen molar-refractivity contribution in [3.63, 3.8) is 0 Å². The molecule has 2 aromatic rings. The van der Waals surface area contributed by atoms with Crippen molar-refractivity contribution in [1.29, 1.82) is 0 Å². The summed E-state index contributed by atoms with van der Waals surface area (Å²) in [7, 11) is -3.22. The number of carbonyl (C=O) groups is 1. The fourth-order valence-electron chi connectivity index (χ4n) is 2.67. The Morgan fingerprint density at radius 2 is 1.74 bits per heavy atom. The molecule has 6 heteroatoms. The average Bonchev–Trinajstić information content (AvgIpc) is 2.89. The number of allylic oxidation sites excluding steroid dienone is 2. The lowest BCUT2D eigenvalue weighted by atomic mass is 10.00. The first-order valence-electron chi connectivity index (χ1n) is 7.05. The smallest absolute Gasteiger partial charge is 0.175 e. The van der Waals surface area contributed by atoms with Gasteiger partial charge >= 0.3 is 0 Å². The van der Waals surface area contributed by atoms with E-state index >= 15 is 0 Å². The van der Waals surface area contributed by atoms with Crippen LogP contribution in [0.1, 0.15) is 24.1 Å². The molecular weight excluding hydrogens is 378 g/mol. The molecule has 0 fully saturated rings. The number of sulfone groups is 1. The molecule has 3 rings (SSSR count). The van der Waals surface area contributed by atoms with Crippen LogP contribution in [0.15, 0.2) is 52.0 Å². The molecular formula is C17H14BrNO3S. The molecule has 0 aliphatic heterocycles. The van der Waals surface area contributed by atoms with Crippen LogP contribution in [0.4, 0.5) is 0 Å². The number of hydrogen-bond donors (Lipinski definition) is 0. The van der Waals surface area contributed by atoms with Gasteiger partial charge < -0.3 is 0 Å². The van der Waals surface area contributed by atoms with Gasteiger partial charge in [0.1, 0.15) is 0 Å². The topological polar surface area (TPSA) is 64.1 Å². The summed E-state index contributed by atoms with van der Waals surface area (Å²) in [5.74, 6) is 0.0713. The Hall–Kier alpha value is -1.79. The summed E-state index contributed by atoms with van der Waals surface area (Å²) in [5.41, 5.74) is 3.07. The van der Waals surface area contributed by atoms with Crippen LogP contribution in [0.2, 0.25) is 0 Å². The molecule has 1 heterocycles. The Balaban J connectivity index is 2.08. The molecule has 0 saturated heterocycles. The number of rotatable bonds is 3. The lowest BCUT2D eigenvalue weighted by Gasteiger charge is -2.08. The Morgan fingerprint density at radius 1 is 1.04 bits per heavy atom. The highest BCUT2D eigenvalue weighted by molar-refractivity contribution is 9.10. The van der Waals surface area contributed by atoms with Crippen LogP contribution in [0.3, 0.4) is 0 Å². The first kappa shape index (κ1) is 16.1. The summed E-state index contributed by atoms with van der Waals surface area (Å²) in [6.45, 7) is 0. The van der Waals surface area contributed by atoms with E-state index in [-0.39, 0.29) is 10.7 Å². The number of nitrogens with zero attached hydrogens (tertiary/aromatic N) is 1. The minimum absolute atomic E-state index is 0.0713. The van der Waals surface area contributed by atoms with Gasteiger partial charge in [-0.2, -0.15) is 0 Å². The molecule has 0 unspecified atom stereocenters. The molecule has 1 aliphatic rings. The number of hydrogen-bond acceptors (Lipinski definition) is 4. The van der Waals surface area contributed by atoms with E-state index in [1.807, 2.05) is 12.1 Å². The minimum Gasteiger partial charge on any atom is -0.294 e. The van der Waals surface area contributed by atoms with E-state index in [9.17, 15) is 13.2 Å². The van der Waals surface area contributed by atoms with Crippen LogP contribution in [0.5, 0.6) is 0 Å². The minimum atomic E-state index is -3.22. The van der Waals surface area contributed by atoms with Gasteiger partial charge in [-0.15, -0.1) is 0 Å². The summed E-state index contributed by atoms with van der Waals surface area (Å²) < 4.78 is 24.0. The highest BCUT2D eigenvalue weighted by atomic mass is 79.9. The summed E-state index contributed by atoms with van der Waals surface area (Å²) in [5, 5.41) is 0. The standard InChI is InChI=1S/C17H14BrNO3S/c1-23(21,22)13-5-2-11(3-6-13)14-7-9-16(20)17(14)15-8-4-12(18)10-19-15/h2-6,8,10H,7,9H2,1H3. The van der Waals surface area contributed by atoms with E-state index < -0.39 is 9.84 Å². The molecule has 0 radical (unpaired) electrons. The summed E-state index contributed by atoms with van der Waals surface area (Å²) >= 11 is 3.34. The van der Waals surface area contributed by atoms with Crippen LogP contribution in [-0.2, 0) is 14.6 Å².